The third kappa shape index (κ3) is 5.58. The lowest BCUT2D eigenvalue weighted by molar-refractivity contribution is -0.0861. The zero-order valence-corrected chi connectivity index (χ0v) is 8.67. The highest BCUT2D eigenvalue weighted by Crippen LogP contribution is 2.04. The molecular formula is C9H17ClO2. The van der Waals surface area contributed by atoms with Crippen molar-refractivity contribution in [3.05, 3.63) is 12.2 Å². The lowest BCUT2D eigenvalue weighted by Crippen LogP contribution is -2.12. The number of rotatable bonds is 6. The molecule has 0 radical (unpaired) electrons. The Hall–Kier alpha value is -0.0500. The van der Waals surface area contributed by atoms with Crippen LogP contribution in [-0.2, 0) is 9.47 Å². The standard InChI is InChI=1S/C9H17ClO2/c1-4-8(10)6-7-9(11-3)12-5-2/h6-9H,4-5H2,1-3H3/b7-6+. The Morgan fingerprint density at radius 1 is 1.33 bits per heavy atom. The molecule has 2 nitrogen and oxygen atoms in total. The van der Waals surface area contributed by atoms with Crippen LogP contribution in [-0.4, -0.2) is 25.4 Å². The van der Waals surface area contributed by atoms with Gasteiger partial charge in [-0.05, 0) is 19.4 Å². The molecule has 0 aliphatic rings. The molecule has 0 aromatic rings. The fourth-order valence-corrected chi connectivity index (χ4v) is 0.798. The number of halogens is 1. The fourth-order valence-electron chi connectivity index (χ4n) is 0.714. The summed E-state index contributed by atoms with van der Waals surface area (Å²) in [4.78, 5) is 0. The van der Waals surface area contributed by atoms with E-state index < -0.39 is 0 Å². The molecule has 0 aromatic carbocycles. The van der Waals surface area contributed by atoms with Crippen molar-refractivity contribution in [2.24, 2.45) is 0 Å². The predicted molar refractivity (Wildman–Crippen MR) is 51.5 cm³/mol. The molecule has 12 heavy (non-hydrogen) atoms. The van der Waals surface area contributed by atoms with Gasteiger partial charge in [-0.3, -0.25) is 0 Å². The number of hydrogen-bond acceptors (Lipinski definition) is 2. The van der Waals surface area contributed by atoms with Crippen LogP contribution < -0.4 is 0 Å². The minimum absolute atomic E-state index is 0.0723. The monoisotopic (exact) mass is 192 g/mol. The maximum absolute atomic E-state index is 5.87. The van der Waals surface area contributed by atoms with E-state index in [4.69, 9.17) is 21.1 Å². The van der Waals surface area contributed by atoms with Crippen LogP contribution in [0.4, 0.5) is 0 Å². The number of allylic oxidation sites excluding steroid dienone is 1. The number of methoxy groups -OCH3 is 1. The minimum atomic E-state index is -0.261. The Labute approximate surface area is 79.5 Å². The number of hydrogen-bond donors (Lipinski definition) is 0. The van der Waals surface area contributed by atoms with Crippen molar-refractivity contribution in [1.82, 2.24) is 0 Å². The molecule has 0 aliphatic heterocycles. The Bertz CT molecular complexity index is 126. The summed E-state index contributed by atoms with van der Waals surface area (Å²) in [5.41, 5.74) is 0. The van der Waals surface area contributed by atoms with Crippen LogP contribution in [0.3, 0.4) is 0 Å². The van der Waals surface area contributed by atoms with Crippen LogP contribution in [0.25, 0.3) is 0 Å². The van der Waals surface area contributed by atoms with Crippen molar-refractivity contribution in [3.63, 3.8) is 0 Å². The molecule has 0 fully saturated rings. The summed E-state index contributed by atoms with van der Waals surface area (Å²) < 4.78 is 10.2. The van der Waals surface area contributed by atoms with Crippen LogP contribution in [0, 0.1) is 0 Å². The van der Waals surface area contributed by atoms with Gasteiger partial charge < -0.3 is 9.47 Å². The fraction of sp³-hybridized carbons (Fsp3) is 0.778. The van der Waals surface area contributed by atoms with E-state index in [-0.39, 0.29) is 11.7 Å². The van der Waals surface area contributed by atoms with Gasteiger partial charge >= 0.3 is 0 Å². The molecule has 0 N–H and O–H groups in total. The molecule has 0 aliphatic carbocycles. The van der Waals surface area contributed by atoms with Gasteiger partial charge in [0, 0.05) is 13.7 Å². The van der Waals surface area contributed by atoms with Crippen molar-refractivity contribution in [2.75, 3.05) is 13.7 Å². The quantitative estimate of drug-likeness (QED) is 0.366. The Morgan fingerprint density at radius 2 is 2.00 bits per heavy atom. The Balaban J connectivity index is 3.74. The SMILES string of the molecule is CCOC(/C=C/C(Cl)CC)OC. The van der Waals surface area contributed by atoms with Crippen molar-refractivity contribution in [2.45, 2.75) is 31.9 Å². The van der Waals surface area contributed by atoms with Crippen LogP contribution >= 0.6 is 11.6 Å². The predicted octanol–water partition coefficient (Wildman–Crippen LogP) is 2.57. The molecule has 2 atom stereocenters. The second-order valence-electron chi connectivity index (χ2n) is 2.37. The van der Waals surface area contributed by atoms with Crippen molar-refractivity contribution >= 4 is 11.6 Å². The van der Waals surface area contributed by atoms with Gasteiger partial charge in [-0.15, -0.1) is 11.6 Å². The highest BCUT2D eigenvalue weighted by molar-refractivity contribution is 6.21. The highest BCUT2D eigenvalue weighted by atomic mass is 35.5. The normalized spacial score (nSPS) is 16.7. The zero-order valence-electron chi connectivity index (χ0n) is 7.92. The molecule has 0 amide bonds. The summed E-state index contributed by atoms with van der Waals surface area (Å²) in [7, 11) is 1.61. The third-order valence-electron chi connectivity index (χ3n) is 1.43. The first kappa shape index (κ1) is 11.9. The van der Waals surface area contributed by atoms with Crippen LogP contribution in [0.1, 0.15) is 20.3 Å². The Morgan fingerprint density at radius 3 is 2.42 bits per heavy atom. The summed E-state index contributed by atoms with van der Waals surface area (Å²) >= 11 is 5.87. The van der Waals surface area contributed by atoms with Gasteiger partial charge in [0.25, 0.3) is 0 Å². The van der Waals surface area contributed by atoms with Crippen LogP contribution in [0.2, 0.25) is 0 Å². The highest BCUT2D eigenvalue weighted by Gasteiger charge is 2.01. The van der Waals surface area contributed by atoms with Gasteiger partial charge in [-0.25, -0.2) is 0 Å². The third-order valence-corrected chi connectivity index (χ3v) is 1.88. The number of ether oxygens (including phenoxy) is 2. The first-order valence-electron chi connectivity index (χ1n) is 4.21. The number of alkyl halides is 1. The average Bonchev–Trinajstić information content (AvgIpc) is 2.11. The van der Waals surface area contributed by atoms with Gasteiger partial charge in [0.05, 0.1) is 5.38 Å². The lowest BCUT2D eigenvalue weighted by Gasteiger charge is -2.10. The van der Waals surface area contributed by atoms with E-state index in [2.05, 4.69) is 0 Å². The summed E-state index contributed by atoms with van der Waals surface area (Å²) in [6.07, 6.45) is 4.39. The van der Waals surface area contributed by atoms with Gasteiger partial charge in [-0.2, -0.15) is 0 Å². The second kappa shape index (κ2) is 7.59. The van der Waals surface area contributed by atoms with Crippen molar-refractivity contribution in [1.29, 1.82) is 0 Å². The van der Waals surface area contributed by atoms with Crippen LogP contribution in [0.15, 0.2) is 12.2 Å². The molecular weight excluding hydrogens is 176 g/mol. The molecule has 0 saturated heterocycles. The summed E-state index contributed by atoms with van der Waals surface area (Å²) in [5.74, 6) is 0. The molecule has 3 heteroatoms. The molecule has 0 saturated carbocycles. The van der Waals surface area contributed by atoms with Gasteiger partial charge in [0.2, 0.25) is 0 Å². The first-order chi connectivity index (χ1) is 5.74. The van der Waals surface area contributed by atoms with Crippen molar-refractivity contribution < 1.29 is 9.47 Å². The minimum Gasteiger partial charge on any atom is -0.352 e. The van der Waals surface area contributed by atoms with Crippen molar-refractivity contribution in [3.8, 4) is 0 Å². The zero-order chi connectivity index (χ0) is 9.40. The van der Waals surface area contributed by atoms with E-state index in [1.165, 1.54) is 0 Å². The van der Waals surface area contributed by atoms with E-state index in [1.54, 1.807) is 7.11 Å². The molecule has 72 valence electrons. The average molecular weight is 193 g/mol. The lowest BCUT2D eigenvalue weighted by atomic mass is 10.3. The molecule has 0 rings (SSSR count). The smallest absolute Gasteiger partial charge is 0.176 e. The van der Waals surface area contributed by atoms with Gasteiger partial charge in [-0.1, -0.05) is 13.0 Å². The van der Waals surface area contributed by atoms with E-state index in [0.717, 1.165) is 6.42 Å². The molecule has 0 aromatic heterocycles. The second-order valence-corrected chi connectivity index (χ2v) is 2.93. The first-order valence-corrected chi connectivity index (χ1v) is 4.65. The van der Waals surface area contributed by atoms with E-state index in [1.807, 2.05) is 26.0 Å². The summed E-state index contributed by atoms with van der Waals surface area (Å²) in [5, 5.41) is 0.0723. The molecule has 0 heterocycles. The van der Waals surface area contributed by atoms with E-state index in [0.29, 0.717) is 6.61 Å². The largest absolute Gasteiger partial charge is 0.352 e. The topological polar surface area (TPSA) is 18.5 Å². The molecule has 0 spiro atoms. The maximum Gasteiger partial charge on any atom is 0.176 e. The molecule has 0 bridgehead atoms. The van der Waals surface area contributed by atoms with E-state index >= 15 is 0 Å². The molecule has 2 unspecified atom stereocenters. The van der Waals surface area contributed by atoms with Crippen LogP contribution in [0.5, 0.6) is 0 Å². The summed E-state index contributed by atoms with van der Waals surface area (Å²) in [6, 6.07) is 0. The summed E-state index contributed by atoms with van der Waals surface area (Å²) in [6.45, 7) is 4.60. The maximum atomic E-state index is 5.87. The Kier molecular flexibility index (Phi) is 7.56. The van der Waals surface area contributed by atoms with Gasteiger partial charge in [0.15, 0.2) is 6.29 Å². The van der Waals surface area contributed by atoms with E-state index in [9.17, 15) is 0 Å². The van der Waals surface area contributed by atoms with Gasteiger partial charge in [0.1, 0.15) is 0 Å².